The number of halogens is 3. The number of carbonyl (C=O) groups excluding carboxylic acids is 2. The number of alkyl halides is 3. The van der Waals surface area contributed by atoms with Crippen LogP contribution in [0.2, 0.25) is 0 Å². The molecule has 0 aliphatic rings. The van der Waals surface area contributed by atoms with Gasteiger partial charge >= 0.3 is 12.1 Å². The first-order valence-corrected chi connectivity index (χ1v) is 7.56. The molecule has 0 bridgehead atoms. The van der Waals surface area contributed by atoms with Crippen LogP contribution in [0.1, 0.15) is 16.2 Å². The topological polar surface area (TPSA) is 131 Å². The van der Waals surface area contributed by atoms with Crippen molar-refractivity contribution in [1.29, 1.82) is 0 Å². The van der Waals surface area contributed by atoms with Gasteiger partial charge in [0.25, 0.3) is 5.91 Å². The Hall–Kier alpha value is -3.38. The Balaban J connectivity index is 1.74. The standard InChI is InChI=1S/C14H15F3N6O4/c15-14(16,17)10-2-6-22(21-10)7-11(24)18-4-5-19-13(27)9-1-3-20-23(9)8-12(25)26/h1-3,6H,4-5,7-8H2,(H,18,24)(H,19,27)(H,25,26). The van der Waals surface area contributed by atoms with E-state index in [-0.39, 0.29) is 18.8 Å². The van der Waals surface area contributed by atoms with E-state index in [0.29, 0.717) is 0 Å². The minimum absolute atomic E-state index is 0.0189. The molecular formula is C14H15F3N6O4. The largest absolute Gasteiger partial charge is 0.480 e. The summed E-state index contributed by atoms with van der Waals surface area (Å²) in [7, 11) is 0. The third-order valence-electron chi connectivity index (χ3n) is 3.20. The van der Waals surface area contributed by atoms with Gasteiger partial charge in [0.1, 0.15) is 18.8 Å². The Kier molecular flexibility index (Phi) is 6.15. The predicted molar refractivity (Wildman–Crippen MR) is 82.4 cm³/mol. The molecule has 10 nitrogen and oxygen atoms in total. The van der Waals surface area contributed by atoms with Crippen LogP contribution in [0.5, 0.6) is 0 Å². The summed E-state index contributed by atoms with van der Waals surface area (Å²) >= 11 is 0. The van der Waals surface area contributed by atoms with Crippen molar-refractivity contribution in [2.45, 2.75) is 19.3 Å². The molecule has 27 heavy (non-hydrogen) atoms. The molecule has 13 heteroatoms. The lowest BCUT2D eigenvalue weighted by Gasteiger charge is -2.08. The van der Waals surface area contributed by atoms with Crippen molar-refractivity contribution in [3.8, 4) is 0 Å². The molecule has 2 heterocycles. The van der Waals surface area contributed by atoms with Crippen molar-refractivity contribution in [1.82, 2.24) is 30.2 Å². The summed E-state index contributed by atoms with van der Waals surface area (Å²) in [5, 5.41) is 20.6. The van der Waals surface area contributed by atoms with Crippen LogP contribution in [0.3, 0.4) is 0 Å². The van der Waals surface area contributed by atoms with Crippen molar-refractivity contribution in [2.24, 2.45) is 0 Å². The van der Waals surface area contributed by atoms with Gasteiger partial charge in [-0.15, -0.1) is 0 Å². The highest BCUT2D eigenvalue weighted by atomic mass is 19.4. The molecular weight excluding hydrogens is 373 g/mol. The van der Waals surface area contributed by atoms with Crippen molar-refractivity contribution in [2.75, 3.05) is 13.1 Å². The molecule has 0 saturated heterocycles. The summed E-state index contributed by atoms with van der Waals surface area (Å²) in [6.45, 7) is -0.841. The number of aliphatic carboxylic acids is 1. The number of carbonyl (C=O) groups is 3. The Labute approximate surface area is 149 Å². The molecule has 0 fully saturated rings. The normalized spacial score (nSPS) is 11.2. The van der Waals surface area contributed by atoms with E-state index in [1.54, 1.807) is 0 Å². The van der Waals surface area contributed by atoms with Crippen LogP contribution in [0.25, 0.3) is 0 Å². The van der Waals surface area contributed by atoms with Crippen LogP contribution >= 0.6 is 0 Å². The summed E-state index contributed by atoms with van der Waals surface area (Å²) in [5.74, 6) is -2.32. The second kappa shape index (κ2) is 8.33. The molecule has 146 valence electrons. The van der Waals surface area contributed by atoms with Crippen molar-refractivity contribution in [3.05, 3.63) is 35.9 Å². The minimum Gasteiger partial charge on any atom is -0.480 e. The number of nitrogens with zero attached hydrogens (tertiary/aromatic N) is 4. The average Bonchev–Trinajstić information content (AvgIpc) is 3.20. The zero-order valence-electron chi connectivity index (χ0n) is 13.7. The van der Waals surface area contributed by atoms with Gasteiger partial charge in [-0.1, -0.05) is 0 Å². The highest BCUT2D eigenvalue weighted by molar-refractivity contribution is 5.92. The zero-order valence-corrected chi connectivity index (χ0v) is 13.7. The second-order valence-electron chi connectivity index (χ2n) is 5.27. The molecule has 2 aromatic heterocycles. The smallest absolute Gasteiger partial charge is 0.435 e. The van der Waals surface area contributed by atoms with Crippen LogP contribution in [0.15, 0.2) is 24.5 Å². The van der Waals surface area contributed by atoms with E-state index in [4.69, 9.17) is 5.11 Å². The van der Waals surface area contributed by atoms with E-state index in [1.165, 1.54) is 12.3 Å². The quantitative estimate of drug-likeness (QED) is 0.534. The van der Waals surface area contributed by atoms with Crippen LogP contribution in [-0.4, -0.2) is 55.5 Å². The van der Waals surface area contributed by atoms with Crippen molar-refractivity contribution >= 4 is 17.8 Å². The van der Waals surface area contributed by atoms with Gasteiger partial charge in [0.2, 0.25) is 5.91 Å². The predicted octanol–water partition coefficient (Wildman–Crippen LogP) is -0.271. The Bertz CT molecular complexity index is 829. The maximum absolute atomic E-state index is 12.4. The molecule has 2 aromatic rings. The number of amides is 2. The van der Waals surface area contributed by atoms with E-state index in [1.807, 2.05) is 0 Å². The van der Waals surface area contributed by atoms with Gasteiger partial charge in [0.05, 0.1) is 0 Å². The highest BCUT2D eigenvalue weighted by Gasteiger charge is 2.33. The molecule has 0 saturated carbocycles. The number of rotatable bonds is 8. The number of hydrogen-bond acceptors (Lipinski definition) is 5. The zero-order chi connectivity index (χ0) is 20.0. The lowest BCUT2D eigenvalue weighted by atomic mass is 10.4. The minimum atomic E-state index is -4.58. The van der Waals surface area contributed by atoms with Crippen LogP contribution < -0.4 is 10.6 Å². The Morgan fingerprint density at radius 1 is 1.11 bits per heavy atom. The number of carboxylic acid groups (broad SMARTS) is 1. The number of aromatic nitrogens is 4. The number of hydrogen-bond donors (Lipinski definition) is 3. The van der Waals surface area contributed by atoms with Gasteiger partial charge in [0.15, 0.2) is 5.69 Å². The molecule has 0 spiro atoms. The summed E-state index contributed by atoms with van der Waals surface area (Å²) in [4.78, 5) is 34.3. The van der Waals surface area contributed by atoms with E-state index in [0.717, 1.165) is 21.6 Å². The average molecular weight is 388 g/mol. The van der Waals surface area contributed by atoms with Gasteiger partial charge in [-0.2, -0.15) is 23.4 Å². The fourth-order valence-corrected chi connectivity index (χ4v) is 2.05. The van der Waals surface area contributed by atoms with Gasteiger partial charge in [-0.3, -0.25) is 19.1 Å². The van der Waals surface area contributed by atoms with Crippen molar-refractivity contribution < 1.29 is 32.7 Å². The van der Waals surface area contributed by atoms with Crippen LogP contribution in [-0.2, 0) is 28.9 Å². The van der Waals surface area contributed by atoms with Crippen LogP contribution in [0.4, 0.5) is 13.2 Å². The molecule has 0 unspecified atom stereocenters. The third kappa shape index (κ3) is 5.83. The van der Waals surface area contributed by atoms with E-state index < -0.39 is 42.7 Å². The molecule has 0 aliphatic carbocycles. The molecule has 0 radical (unpaired) electrons. The number of carboxylic acids is 1. The van der Waals surface area contributed by atoms with Gasteiger partial charge < -0.3 is 15.7 Å². The van der Waals surface area contributed by atoms with E-state index in [9.17, 15) is 27.6 Å². The summed E-state index contributed by atoms with van der Waals surface area (Å²) in [6.07, 6.45) is -2.27. The molecule has 3 N–H and O–H groups in total. The van der Waals surface area contributed by atoms with Crippen LogP contribution in [0, 0.1) is 0 Å². The Morgan fingerprint density at radius 2 is 1.81 bits per heavy atom. The van der Waals surface area contributed by atoms with E-state index >= 15 is 0 Å². The van der Waals surface area contributed by atoms with Gasteiger partial charge in [0, 0.05) is 25.5 Å². The number of nitrogens with one attached hydrogen (secondary N) is 2. The Morgan fingerprint density at radius 3 is 2.44 bits per heavy atom. The fourth-order valence-electron chi connectivity index (χ4n) is 2.05. The van der Waals surface area contributed by atoms with Gasteiger partial charge in [-0.05, 0) is 12.1 Å². The van der Waals surface area contributed by atoms with E-state index in [2.05, 4.69) is 20.8 Å². The maximum atomic E-state index is 12.4. The molecule has 2 amide bonds. The molecule has 0 aliphatic heterocycles. The second-order valence-corrected chi connectivity index (χ2v) is 5.27. The summed E-state index contributed by atoms with van der Waals surface area (Å²) in [5.41, 5.74) is -1.06. The highest BCUT2D eigenvalue weighted by Crippen LogP contribution is 2.27. The fraction of sp³-hybridized carbons (Fsp3) is 0.357. The monoisotopic (exact) mass is 388 g/mol. The maximum Gasteiger partial charge on any atom is 0.435 e. The molecule has 2 rings (SSSR count). The van der Waals surface area contributed by atoms with Crippen molar-refractivity contribution in [3.63, 3.8) is 0 Å². The summed E-state index contributed by atoms with van der Waals surface area (Å²) < 4.78 is 39.1. The molecule has 0 atom stereocenters. The third-order valence-corrected chi connectivity index (χ3v) is 3.20. The summed E-state index contributed by atoms with van der Waals surface area (Å²) in [6, 6.07) is 2.10. The lowest BCUT2D eigenvalue weighted by molar-refractivity contribution is -0.142. The molecule has 0 aromatic carbocycles. The lowest BCUT2D eigenvalue weighted by Crippen LogP contribution is -2.37. The van der Waals surface area contributed by atoms with Gasteiger partial charge in [-0.25, -0.2) is 4.68 Å². The first kappa shape index (κ1) is 19.9. The first-order chi connectivity index (χ1) is 12.7. The SMILES string of the molecule is O=C(O)Cn1nccc1C(=O)NCCNC(=O)Cn1ccc(C(F)(F)F)n1. The first-order valence-electron chi connectivity index (χ1n) is 7.56.